The number of aromatic hydroxyl groups is 1. The van der Waals surface area contributed by atoms with Crippen molar-refractivity contribution in [3.63, 3.8) is 0 Å². The second-order valence-electron chi connectivity index (χ2n) is 4.15. The molecule has 17 heavy (non-hydrogen) atoms. The van der Waals surface area contributed by atoms with Crippen LogP contribution in [-0.2, 0) is 4.79 Å². The minimum atomic E-state index is -0.327. The van der Waals surface area contributed by atoms with Crippen molar-refractivity contribution in [2.45, 2.75) is 26.2 Å². The van der Waals surface area contributed by atoms with Crippen molar-refractivity contribution in [1.82, 2.24) is 0 Å². The highest BCUT2D eigenvalue weighted by Gasteiger charge is 2.20. The molecule has 1 aliphatic heterocycles. The van der Waals surface area contributed by atoms with E-state index in [0.717, 1.165) is 31.6 Å². The Labute approximate surface area is 101 Å². The van der Waals surface area contributed by atoms with E-state index in [2.05, 4.69) is 4.90 Å². The van der Waals surface area contributed by atoms with E-state index in [1.54, 1.807) is 13.0 Å². The molecule has 1 heterocycles. The van der Waals surface area contributed by atoms with Crippen LogP contribution in [0.25, 0.3) is 0 Å². The van der Waals surface area contributed by atoms with Gasteiger partial charge in [0.2, 0.25) is 0 Å². The lowest BCUT2D eigenvalue weighted by Crippen LogP contribution is -2.19. The monoisotopic (exact) mass is 235 g/mol. The lowest BCUT2D eigenvalue weighted by atomic mass is 10.2. The zero-order chi connectivity index (χ0) is 12.3. The fraction of sp³-hybridized carbons (Fsp3) is 0.462. The normalized spacial score (nSPS) is 15.0. The van der Waals surface area contributed by atoms with Crippen LogP contribution in [0, 0.1) is 0 Å². The number of ether oxygens (including phenoxy) is 1. The van der Waals surface area contributed by atoms with E-state index in [-0.39, 0.29) is 11.7 Å². The highest BCUT2D eigenvalue weighted by atomic mass is 16.5. The van der Waals surface area contributed by atoms with Crippen LogP contribution in [0.5, 0.6) is 11.5 Å². The molecule has 0 atom stereocenters. The second-order valence-corrected chi connectivity index (χ2v) is 4.15. The summed E-state index contributed by atoms with van der Waals surface area (Å²) in [6.45, 7) is 3.62. The lowest BCUT2D eigenvalue weighted by Gasteiger charge is -2.21. The van der Waals surface area contributed by atoms with E-state index in [9.17, 15) is 9.90 Å². The molecule has 0 bridgehead atoms. The van der Waals surface area contributed by atoms with Gasteiger partial charge in [0.05, 0.1) is 5.69 Å². The summed E-state index contributed by atoms with van der Waals surface area (Å²) >= 11 is 0. The van der Waals surface area contributed by atoms with Gasteiger partial charge in [-0.1, -0.05) is 13.0 Å². The fourth-order valence-corrected chi connectivity index (χ4v) is 2.01. The maximum Gasteiger partial charge on any atom is 0.311 e. The van der Waals surface area contributed by atoms with Gasteiger partial charge in [0, 0.05) is 19.5 Å². The molecular formula is C13H17NO3. The maximum atomic E-state index is 11.3. The Kier molecular flexibility index (Phi) is 3.52. The number of benzene rings is 1. The van der Waals surface area contributed by atoms with E-state index >= 15 is 0 Å². The fourth-order valence-electron chi connectivity index (χ4n) is 2.01. The van der Waals surface area contributed by atoms with Crippen molar-refractivity contribution in [3.8, 4) is 11.5 Å². The van der Waals surface area contributed by atoms with Gasteiger partial charge in [-0.3, -0.25) is 4.79 Å². The summed E-state index contributed by atoms with van der Waals surface area (Å²) in [7, 11) is 0. The molecule has 0 saturated carbocycles. The predicted octanol–water partition coefficient (Wildman–Crippen LogP) is 2.31. The van der Waals surface area contributed by atoms with Gasteiger partial charge in [0.25, 0.3) is 0 Å². The average molecular weight is 235 g/mol. The third kappa shape index (κ3) is 2.52. The molecule has 1 fully saturated rings. The zero-order valence-electron chi connectivity index (χ0n) is 9.98. The average Bonchev–Trinajstić information content (AvgIpc) is 2.85. The Morgan fingerprint density at radius 3 is 2.76 bits per heavy atom. The molecule has 0 aromatic heterocycles. The van der Waals surface area contributed by atoms with Gasteiger partial charge in [-0.15, -0.1) is 0 Å². The van der Waals surface area contributed by atoms with Crippen molar-refractivity contribution in [2.75, 3.05) is 18.0 Å². The Hall–Kier alpha value is -1.71. The van der Waals surface area contributed by atoms with E-state index < -0.39 is 0 Å². The summed E-state index contributed by atoms with van der Waals surface area (Å²) in [5.41, 5.74) is 0.810. The third-order valence-electron chi connectivity index (χ3n) is 2.92. The van der Waals surface area contributed by atoms with Crippen LogP contribution < -0.4 is 9.64 Å². The van der Waals surface area contributed by atoms with Crippen LogP contribution in [-0.4, -0.2) is 24.2 Å². The Morgan fingerprint density at radius 1 is 1.41 bits per heavy atom. The number of anilines is 1. The van der Waals surface area contributed by atoms with E-state index in [4.69, 9.17) is 4.74 Å². The molecule has 4 nitrogen and oxygen atoms in total. The first kappa shape index (κ1) is 11.8. The number of hydrogen-bond acceptors (Lipinski definition) is 4. The molecule has 0 unspecified atom stereocenters. The number of nitrogens with zero attached hydrogens (tertiary/aromatic N) is 1. The minimum absolute atomic E-state index is 0.0243. The summed E-state index contributed by atoms with van der Waals surface area (Å²) in [5.74, 6) is -0.00982. The quantitative estimate of drug-likeness (QED) is 0.645. The van der Waals surface area contributed by atoms with E-state index in [0.29, 0.717) is 12.2 Å². The smallest absolute Gasteiger partial charge is 0.311 e. The van der Waals surface area contributed by atoms with Crippen LogP contribution in [0.1, 0.15) is 26.2 Å². The van der Waals surface area contributed by atoms with Gasteiger partial charge >= 0.3 is 5.97 Å². The Balaban J connectivity index is 2.30. The van der Waals surface area contributed by atoms with Crippen molar-refractivity contribution in [3.05, 3.63) is 18.2 Å². The third-order valence-corrected chi connectivity index (χ3v) is 2.92. The van der Waals surface area contributed by atoms with Gasteiger partial charge in [-0.05, 0) is 25.0 Å². The number of rotatable bonds is 3. The summed E-state index contributed by atoms with van der Waals surface area (Å²) in [6.07, 6.45) is 2.57. The largest absolute Gasteiger partial charge is 0.504 e. The molecule has 92 valence electrons. The molecule has 1 N–H and O–H groups in total. The first-order valence-corrected chi connectivity index (χ1v) is 6.00. The molecule has 2 rings (SSSR count). The summed E-state index contributed by atoms with van der Waals surface area (Å²) < 4.78 is 5.21. The molecule has 0 aliphatic carbocycles. The molecule has 1 aromatic rings. The van der Waals surface area contributed by atoms with Crippen LogP contribution in [0.4, 0.5) is 5.69 Å². The van der Waals surface area contributed by atoms with E-state index in [1.165, 1.54) is 6.07 Å². The van der Waals surface area contributed by atoms with Crippen molar-refractivity contribution < 1.29 is 14.6 Å². The standard InChI is InChI=1S/C13H17NO3/c1-2-12(16)17-13-10(6-5-7-11(13)15)14-8-3-4-9-14/h5-7,15H,2-4,8-9H2,1H3. The zero-order valence-corrected chi connectivity index (χ0v) is 9.98. The molecule has 1 saturated heterocycles. The number of phenolic OH excluding ortho intramolecular Hbond substituents is 1. The topological polar surface area (TPSA) is 49.8 Å². The lowest BCUT2D eigenvalue weighted by molar-refractivity contribution is -0.134. The van der Waals surface area contributed by atoms with Crippen molar-refractivity contribution in [2.24, 2.45) is 0 Å². The molecular weight excluding hydrogens is 218 g/mol. The SMILES string of the molecule is CCC(=O)Oc1c(O)cccc1N1CCCC1. The van der Waals surface area contributed by atoms with Gasteiger partial charge in [-0.2, -0.15) is 0 Å². The van der Waals surface area contributed by atoms with Crippen LogP contribution in [0.15, 0.2) is 18.2 Å². The van der Waals surface area contributed by atoms with Gasteiger partial charge in [0.15, 0.2) is 11.5 Å². The Bertz CT molecular complexity index is 411. The minimum Gasteiger partial charge on any atom is -0.504 e. The number of phenols is 1. The number of carbonyl (C=O) groups is 1. The van der Waals surface area contributed by atoms with Crippen molar-refractivity contribution >= 4 is 11.7 Å². The van der Waals surface area contributed by atoms with Gasteiger partial charge < -0.3 is 14.7 Å². The molecule has 1 aliphatic rings. The second kappa shape index (κ2) is 5.08. The molecule has 0 radical (unpaired) electrons. The molecule has 0 amide bonds. The van der Waals surface area contributed by atoms with Crippen molar-refractivity contribution in [1.29, 1.82) is 0 Å². The van der Waals surface area contributed by atoms with E-state index in [1.807, 2.05) is 6.07 Å². The van der Waals surface area contributed by atoms with Crippen LogP contribution in [0.2, 0.25) is 0 Å². The maximum absolute atomic E-state index is 11.3. The summed E-state index contributed by atoms with van der Waals surface area (Å²) in [4.78, 5) is 13.5. The first-order valence-electron chi connectivity index (χ1n) is 6.00. The highest BCUT2D eigenvalue weighted by molar-refractivity contribution is 5.77. The number of para-hydroxylation sites is 1. The molecule has 1 aromatic carbocycles. The predicted molar refractivity (Wildman–Crippen MR) is 65.5 cm³/mol. The number of hydrogen-bond donors (Lipinski definition) is 1. The number of esters is 1. The van der Waals surface area contributed by atoms with Crippen LogP contribution >= 0.6 is 0 Å². The number of carbonyl (C=O) groups excluding carboxylic acids is 1. The van der Waals surface area contributed by atoms with Crippen LogP contribution in [0.3, 0.4) is 0 Å². The Morgan fingerprint density at radius 2 is 2.12 bits per heavy atom. The summed E-state index contributed by atoms with van der Waals surface area (Å²) in [5, 5.41) is 9.79. The summed E-state index contributed by atoms with van der Waals surface area (Å²) in [6, 6.07) is 5.19. The van der Waals surface area contributed by atoms with Gasteiger partial charge in [0.1, 0.15) is 0 Å². The first-order chi connectivity index (χ1) is 8.22. The van der Waals surface area contributed by atoms with Gasteiger partial charge in [-0.25, -0.2) is 0 Å². The highest BCUT2D eigenvalue weighted by Crippen LogP contribution is 2.38. The molecule has 4 heteroatoms. The molecule has 0 spiro atoms.